The fourth-order valence-electron chi connectivity index (χ4n) is 3.76. The van der Waals surface area contributed by atoms with Gasteiger partial charge in [-0.1, -0.05) is 18.2 Å². The van der Waals surface area contributed by atoms with Crippen molar-refractivity contribution >= 4 is 69.0 Å². The Morgan fingerprint density at radius 2 is 1.18 bits per heavy atom. The Hall–Kier alpha value is -2.38. The molecule has 0 bridgehead atoms. The first-order chi connectivity index (χ1) is 20.6. The first kappa shape index (κ1) is 36.1. The zero-order chi connectivity index (χ0) is 29.1. The quantitative estimate of drug-likeness (QED) is 0.0668. The van der Waals surface area contributed by atoms with Crippen LogP contribution in [-0.4, -0.2) is 5.11 Å². The minimum absolute atomic E-state index is 0. The molecule has 0 radical (unpaired) electrons. The molecule has 44 heavy (non-hydrogen) atoms. The summed E-state index contributed by atoms with van der Waals surface area (Å²) in [5, 5.41) is 59.6. The van der Waals surface area contributed by atoms with Crippen molar-refractivity contribution in [1.29, 1.82) is 0 Å². The Labute approximate surface area is 304 Å². The van der Waals surface area contributed by atoms with Crippen LogP contribution < -0.4 is 74.9 Å². The molecule has 0 aliphatic carbocycles. The number of para-hydroxylation sites is 1. The van der Waals surface area contributed by atoms with Crippen LogP contribution in [0.25, 0.3) is 10.8 Å². The van der Waals surface area contributed by atoms with E-state index in [4.69, 9.17) is 0 Å². The Bertz CT molecular complexity index is 1700. The van der Waals surface area contributed by atoms with E-state index in [0.29, 0.717) is 49.7 Å². The van der Waals surface area contributed by atoms with Crippen LogP contribution in [0.1, 0.15) is 0 Å². The molecule has 5 rings (SSSR count). The summed E-state index contributed by atoms with van der Waals surface area (Å²) < 4.78 is 8.80. The van der Waals surface area contributed by atoms with Gasteiger partial charge < -0.3 is 20.9 Å². The van der Waals surface area contributed by atoms with Crippen molar-refractivity contribution in [2.45, 2.75) is 9.79 Å². The van der Waals surface area contributed by atoms with E-state index in [1.54, 1.807) is 60.7 Å². The van der Waals surface area contributed by atoms with Gasteiger partial charge in [0.2, 0.25) is 0 Å². The topological polar surface area (TPSA) is 165 Å². The minimum atomic E-state index is -0.138. The number of anilines is 2. The SMILES string of the molecule is [Na+].[Na+].[O-]OOSc1ccc(N=Nc2ccc(N=Nc3c(SOO[O-])cc4cc(Nc5ccccc5)ccc4c3O)cc2)cc1. The summed E-state index contributed by atoms with van der Waals surface area (Å²) in [5.74, 6) is -0.138. The van der Waals surface area contributed by atoms with Crippen LogP contribution >= 0.6 is 24.1 Å². The second-order valence-electron chi connectivity index (χ2n) is 8.35. The number of hydrogen-bond acceptors (Lipinski definition) is 14. The van der Waals surface area contributed by atoms with Gasteiger partial charge in [-0.25, -0.2) is 0 Å². The van der Waals surface area contributed by atoms with Crippen LogP contribution in [-0.2, 0) is 18.7 Å². The third-order valence-corrected chi connectivity index (χ3v) is 6.86. The Morgan fingerprint density at radius 3 is 1.80 bits per heavy atom. The Morgan fingerprint density at radius 1 is 0.614 bits per heavy atom. The number of phenols is 1. The van der Waals surface area contributed by atoms with Gasteiger partial charge in [0.25, 0.3) is 0 Å². The van der Waals surface area contributed by atoms with Gasteiger partial charge in [0.05, 0.1) is 46.0 Å². The standard InChI is InChI=1S/C28H21N5O7S2.2Na/c34-28-25-15-12-23(29-19-4-2-1-3-5-19)16-18(25)17-26(42-40-38-36)27(28)33-32-21-8-6-20(7-9-21)30-31-22-10-13-24(14-11-22)41-39-37-35;;/h1-17,29,34-36H;;/q;2*+1/p-2. The molecule has 0 saturated heterocycles. The number of azo groups is 2. The second-order valence-corrected chi connectivity index (χ2v) is 9.86. The van der Waals surface area contributed by atoms with E-state index in [2.05, 4.69) is 44.5 Å². The molecule has 0 aliphatic heterocycles. The normalized spacial score (nSPS) is 11.0. The van der Waals surface area contributed by atoms with E-state index in [1.807, 2.05) is 42.5 Å². The molecule has 0 atom stereocenters. The number of aromatic hydroxyl groups is 1. The smallest absolute Gasteiger partial charge is 0.691 e. The molecule has 5 aromatic carbocycles. The molecular weight excluding hydrogens is 628 g/mol. The van der Waals surface area contributed by atoms with Crippen LogP contribution in [0.15, 0.2) is 133 Å². The van der Waals surface area contributed by atoms with E-state index in [0.717, 1.165) is 23.4 Å². The number of hydrogen-bond donors (Lipinski definition) is 2. The van der Waals surface area contributed by atoms with E-state index < -0.39 is 0 Å². The zero-order valence-electron chi connectivity index (χ0n) is 23.3. The van der Waals surface area contributed by atoms with E-state index in [1.165, 1.54) is 0 Å². The molecule has 16 heteroatoms. The fourth-order valence-corrected chi connectivity index (χ4v) is 4.61. The zero-order valence-corrected chi connectivity index (χ0v) is 29.0. The van der Waals surface area contributed by atoms with Gasteiger partial charge >= 0.3 is 59.1 Å². The summed E-state index contributed by atoms with van der Waals surface area (Å²) in [7, 11) is 0. The van der Waals surface area contributed by atoms with Crippen LogP contribution in [0.5, 0.6) is 5.75 Å². The van der Waals surface area contributed by atoms with Crippen molar-refractivity contribution in [2.24, 2.45) is 20.5 Å². The van der Waals surface area contributed by atoms with Gasteiger partial charge in [-0.15, -0.1) is 5.11 Å². The van der Waals surface area contributed by atoms with Crippen LogP contribution in [0.2, 0.25) is 0 Å². The van der Waals surface area contributed by atoms with Crippen molar-refractivity contribution in [2.75, 3.05) is 5.32 Å². The van der Waals surface area contributed by atoms with Crippen molar-refractivity contribution in [1.82, 2.24) is 0 Å². The molecular formula is C28H19N5Na2O7S2. The summed E-state index contributed by atoms with van der Waals surface area (Å²) in [4.78, 5) is 0.980. The Kier molecular flexibility index (Phi) is 15.2. The van der Waals surface area contributed by atoms with Gasteiger partial charge in [0.1, 0.15) is 5.69 Å². The summed E-state index contributed by atoms with van der Waals surface area (Å²) >= 11 is 1.39. The number of phenolic OH excluding ortho intramolecular Hbond substituents is 1. The number of fused-ring (bicyclic) bond motifs is 1. The molecule has 12 nitrogen and oxygen atoms in total. The first-order valence-corrected chi connectivity index (χ1v) is 13.5. The van der Waals surface area contributed by atoms with Crippen LogP contribution in [0.3, 0.4) is 0 Å². The Balaban J connectivity index is 0.00000264. The third kappa shape index (κ3) is 10.1. The predicted octanol–water partition coefficient (Wildman–Crippen LogP) is 1.59. The minimum Gasteiger partial charge on any atom is -0.691 e. The van der Waals surface area contributed by atoms with Crippen molar-refractivity contribution in [3.05, 3.63) is 103 Å². The molecule has 0 aliphatic rings. The first-order valence-electron chi connectivity index (χ1n) is 12.0. The number of nitrogens with one attached hydrogen (secondary N) is 1. The van der Waals surface area contributed by atoms with Crippen molar-refractivity contribution < 1.29 is 93.5 Å². The molecule has 0 amide bonds. The van der Waals surface area contributed by atoms with Gasteiger partial charge in [0.15, 0.2) is 5.75 Å². The molecule has 0 saturated carbocycles. The van der Waals surface area contributed by atoms with E-state index >= 15 is 0 Å². The second kappa shape index (κ2) is 18.6. The molecule has 0 aromatic heterocycles. The number of rotatable bonds is 12. The molecule has 0 heterocycles. The van der Waals surface area contributed by atoms with Crippen LogP contribution in [0.4, 0.5) is 34.1 Å². The average Bonchev–Trinajstić information content (AvgIpc) is 3.03. The maximum Gasteiger partial charge on any atom is 1.00 e. The molecule has 0 fully saturated rings. The summed E-state index contributed by atoms with van der Waals surface area (Å²) in [6.45, 7) is 0. The molecule has 0 unspecified atom stereocenters. The molecule has 2 N–H and O–H groups in total. The molecule has 212 valence electrons. The maximum absolute atomic E-state index is 11.1. The van der Waals surface area contributed by atoms with Gasteiger partial charge in [-0.05, 0) is 90.3 Å². The fraction of sp³-hybridized carbons (Fsp3) is 0. The van der Waals surface area contributed by atoms with Gasteiger partial charge in [-0.2, -0.15) is 24.0 Å². The average molecular weight is 648 g/mol. The number of nitrogens with zero attached hydrogens (tertiary/aromatic N) is 4. The van der Waals surface area contributed by atoms with E-state index in [-0.39, 0.29) is 70.6 Å². The molecule has 5 aromatic rings. The summed E-state index contributed by atoms with van der Waals surface area (Å²) in [6, 6.07) is 30.4. The van der Waals surface area contributed by atoms with Crippen LogP contribution in [0, 0.1) is 0 Å². The van der Waals surface area contributed by atoms with Gasteiger partial charge in [-0.3, -0.25) is 10.1 Å². The van der Waals surface area contributed by atoms with Crippen molar-refractivity contribution in [3.63, 3.8) is 0 Å². The largest absolute Gasteiger partial charge is 1.00 e. The van der Waals surface area contributed by atoms with E-state index in [9.17, 15) is 15.6 Å². The summed E-state index contributed by atoms with van der Waals surface area (Å²) in [6.07, 6.45) is 0. The van der Waals surface area contributed by atoms with Gasteiger partial charge in [0, 0.05) is 21.7 Å². The predicted molar refractivity (Wildman–Crippen MR) is 153 cm³/mol. The third-order valence-electron chi connectivity index (χ3n) is 5.66. The monoisotopic (exact) mass is 647 g/mol. The van der Waals surface area contributed by atoms with Crippen molar-refractivity contribution in [3.8, 4) is 5.75 Å². The number of benzene rings is 5. The molecule has 0 spiro atoms. The summed E-state index contributed by atoms with van der Waals surface area (Å²) in [5.41, 5.74) is 3.45. The maximum atomic E-state index is 11.1.